The van der Waals surface area contributed by atoms with Gasteiger partial charge >= 0.3 is 0 Å². The summed E-state index contributed by atoms with van der Waals surface area (Å²) >= 11 is 12.4. The molecule has 2 aromatic carbocycles. The minimum absolute atomic E-state index is 0.234. The largest absolute Gasteiger partial charge is 0.364 e. The van der Waals surface area contributed by atoms with Gasteiger partial charge in [-0.05, 0) is 42.9 Å². The number of benzene rings is 2. The molecule has 0 spiro atoms. The molecule has 0 unspecified atom stereocenters. The SMILES string of the molecule is CN1CCN(C2=C(c3ccc(F)cc3)C(=O)N(c3cc(Cl)ccc3Cl)C2=O)CC1. The minimum Gasteiger partial charge on any atom is -0.364 e. The molecule has 2 heterocycles. The average Bonchev–Trinajstić information content (AvgIpc) is 2.95. The fraction of sp³-hybridized carbons (Fsp3) is 0.238. The van der Waals surface area contributed by atoms with E-state index < -0.39 is 17.6 Å². The summed E-state index contributed by atoms with van der Waals surface area (Å²) in [6, 6.07) is 10.2. The lowest BCUT2D eigenvalue weighted by molar-refractivity contribution is -0.120. The summed E-state index contributed by atoms with van der Waals surface area (Å²) in [5.41, 5.74) is 1.28. The number of likely N-dealkylation sites (N-methyl/N-ethyl adjacent to an activating group) is 1. The van der Waals surface area contributed by atoms with Gasteiger partial charge in [0, 0.05) is 31.2 Å². The number of piperazine rings is 1. The van der Waals surface area contributed by atoms with E-state index in [0.717, 1.165) is 18.0 Å². The van der Waals surface area contributed by atoms with Crippen LogP contribution in [0.4, 0.5) is 10.1 Å². The third kappa shape index (κ3) is 3.64. The lowest BCUT2D eigenvalue weighted by Crippen LogP contribution is -2.46. The first-order valence-electron chi connectivity index (χ1n) is 9.14. The number of hydrogen-bond acceptors (Lipinski definition) is 4. The van der Waals surface area contributed by atoms with Crippen molar-refractivity contribution in [2.75, 3.05) is 38.1 Å². The molecule has 0 aromatic heterocycles. The normalized spacial score (nSPS) is 18.2. The van der Waals surface area contributed by atoms with Gasteiger partial charge in [-0.25, -0.2) is 9.29 Å². The van der Waals surface area contributed by atoms with E-state index in [2.05, 4.69) is 4.90 Å². The van der Waals surface area contributed by atoms with Gasteiger partial charge in [-0.3, -0.25) is 9.59 Å². The second-order valence-corrected chi connectivity index (χ2v) is 7.91. The van der Waals surface area contributed by atoms with E-state index in [0.29, 0.717) is 29.4 Å². The Morgan fingerprint density at radius 3 is 2.21 bits per heavy atom. The second kappa shape index (κ2) is 7.78. The van der Waals surface area contributed by atoms with E-state index in [-0.39, 0.29) is 16.3 Å². The van der Waals surface area contributed by atoms with E-state index in [1.807, 2.05) is 11.9 Å². The quantitative estimate of drug-likeness (QED) is 0.692. The van der Waals surface area contributed by atoms with Gasteiger partial charge in [0.1, 0.15) is 11.5 Å². The van der Waals surface area contributed by atoms with Crippen molar-refractivity contribution in [1.82, 2.24) is 9.80 Å². The first-order valence-corrected chi connectivity index (χ1v) is 9.90. The monoisotopic (exact) mass is 433 g/mol. The van der Waals surface area contributed by atoms with Gasteiger partial charge in [-0.1, -0.05) is 35.3 Å². The number of halogens is 3. The van der Waals surface area contributed by atoms with E-state index in [1.54, 1.807) is 12.1 Å². The molecule has 8 heteroatoms. The van der Waals surface area contributed by atoms with Gasteiger partial charge in [0.25, 0.3) is 11.8 Å². The highest BCUT2D eigenvalue weighted by Gasteiger charge is 2.43. The summed E-state index contributed by atoms with van der Waals surface area (Å²) in [6.45, 7) is 2.73. The molecule has 2 aliphatic heterocycles. The van der Waals surface area contributed by atoms with Gasteiger partial charge in [0.15, 0.2) is 0 Å². The molecular formula is C21H18Cl2FN3O2. The van der Waals surface area contributed by atoms with Crippen molar-refractivity contribution in [2.45, 2.75) is 0 Å². The van der Waals surface area contributed by atoms with Crippen molar-refractivity contribution in [2.24, 2.45) is 0 Å². The fourth-order valence-corrected chi connectivity index (χ4v) is 3.96. The molecule has 29 heavy (non-hydrogen) atoms. The number of hydrogen-bond donors (Lipinski definition) is 0. The van der Waals surface area contributed by atoms with Crippen molar-refractivity contribution in [1.29, 1.82) is 0 Å². The number of carbonyl (C=O) groups excluding carboxylic acids is 2. The average molecular weight is 434 g/mol. The molecule has 0 aliphatic carbocycles. The number of anilines is 1. The third-order valence-electron chi connectivity index (χ3n) is 5.16. The van der Waals surface area contributed by atoms with Gasteiger partial charge in [-0.2, -0.15) is 0 Å². The molecule has 0 saturated carbocycles. The summed E-state index contributed by atoms with van der Waals surface area (Å²) < 4.78 is 13.5. The molecule has 0 radical (unpaired) electrons. The molecule has 0 atom stereocenters. The maximum Gasteiger partial charge on any atom is 0.282 e. The fourth-order valence-electron chi connectivity index (χ4n) is 3.59. The van der Waals surface area contributed by atoms with Crippen molar-refractivity contribution >= 4 is 46.3 Å². The highest BCUT2D eigenvalue weighted by Crippen LogP contribution is 2.38. The molecule has 1 fully saturated rings. The Bertz CT molecular complexity index is 1020. The summed E-state index contributed by atoms with van der Waals surface area (Å²) in [7, 11) is 2.01. The number of imide groups is 1. The lowest BCUT2D eigenvalue weighted by Gasteiger charge is -2.34. The van der Waals surface area contributed by atoms with Crippen LogP contribution in [0, 0.1) is 5.82 Å². The van der Waals surface area contributed by atoms with Crippen LogP contribution in [0.5, 0.6) is 0 Å². The molecule has 2 aromatic rings. The smallest absolute Gasteiger partial charge is 0.282 e. The van der Waals surface area contributed by atoms with E-state index in [9.17, 15) is 14.0 Å². The van der Waals surface area contributed by atoms with Gasteiger partial charge in [0.2, 0.25) is 0 Å². The number of rotatable bonds is 3. The topological polar surface area (TPSA) is 43.9 Å². The van der Waals surface area contributed by atoms with Crippen LogP contribution in [0.3, 0.4) is 0 Å². The molecular weight excluding hydrogens is 416 g/mol. The second-order valence-electron chi connectivity index (χ2n) is 7.06. The maximum absolute atomic E-state index is 13.5. The van der Waals surface area contributed by atoms with Gasteiger partial charge < -0.3 is 9.80 Å². The van der Waals surface area contributed by atoms with E-state index >= 15 is 0 Å². The number of carbonyl (C=O) groups is 2. The third-order valence-corrected chi connectivity index (χ3v) is 5.72. The van der Waals surface area contributed by atoms with Crippen LogP contribution in [0.2, 0.25) is 10.0 Å². The van der Waals surface area contributed by atoms with Crippen LogP contribution >= 0.6 is 23.2 Å². The van der Waals surface area contributed by atoms with Crippen molar-refractivity contribution in [3.8, 4) is 0 Å². The summed E-state index contributed by atoms with van der Waals surface area (Å²) in [6.07, 6.45) is 0. The van der Waals surface area contributed by atoms with E-state index in [1.165, 1.54) is 30.3 Å². The predicted octanol–water partition coefficient (Wildman–Crippen LogP) is 3.66. The molecule has 2 aliphatic rings. The van der Waals surface area contributed by atoms with Crippen LogP contribution in [0.25, 0.3) is 5.57 Å². The van der Waals surface area contributed by atoms with Crippen LogP contribution in [-0.2, 0) is 9.59 Å². The Labute approximate surface area is 177 Å². The lowest BCUT2D eigenvalue weighted by atomic mass is 10.0. The van der Waals surface area contributed by atoms with E-state index in [4.69, 9.17) is 23.2 Å². The van der Waals surface area contributed by atoms with Crippen molar-refractivity contribution in [3.63, 3.8) is 0 Å². The summed E-state index contributed by atoms with van der Waals surface area (Å²) in [5.74, 6) is -1.37. The minimum atomic E-state index is -0.500. The molecule has 0 bridgehead atoms. The van der Waals surface area contributed by atoms with Crippen LogP contribution < -0.4 is 4.90 Å². The Morgan fingerprint density at radius 1 is 0.897 bits per heavy atom. The zero-order valence-electron chi connectivity index (χ0n) is 15.7. The number of nitrogens with zero attached hydrogens (tertiary/aromatic N) is 3. The summed E-state index contributed by atoms with van der Waals surface area (Å²) in [5, 5.41) is 0.607. The maximum atomic E-state index is 13.5. The molecule has 2 amide bonds. The molecule has 0 N–H and O–H groups in total. The highest BCUT2D eigenvalue weighted by molar-refractivity contribution is 6.47. The molecule has 1 saturated heterocycles. The van der Waals surface area contributed by atoms with Crippen LogP contribution in [0.15, 0.2) is 48.2 Å². The Balaban J connectivity index is 1.83. The molecule has 150 valence electrons. The molecule has 4 rings (SSSR count). The summed E-state index contributed by atoms with van der Waals surface area (Å²) in [4.78, 5) is 31.9. The van der Waals surface area contributed by atoms with Gasteiger partial charge in [0.05, 0.1) is 16.3 Å². The zero-order chi connectivity index (χ0) is 20.7. The molecule has 5 nitrogen and oxygen atoms in total. The Kier molecular flexibility index (Phi) is 5.34. The standard InChI is InChI=1S/C21H18Cl2FN3O2/c1-25-8-10-26(11-9-25)19-18(13-2-5-15(24)6-3-13)20(28)27(21(19)29)17-12-14(22)4-7-16(17)23/h2-7,12H,8-11H2,1H3. The first-order chi connectivity index (χ1) is 13.9. The Morgan fingerprint density at radius 2 is 1.55 bits per heavy atom. The van der Waals surface area contributed by atoms with Crippen LogP contribution in [0.1, 0.15) is 5.56 Å². The number of amides is 2. The highest BCUT2D eigenvalue weighted by atomic mass is 35.5. The van der Waals surface area contributed by atoms with Crippen LogP contribution in [-0.4, -0.2) is 54.8 Å². The van der Waals surface area contributed by atoms with Crippen molar-refractivity contribution < 1.29 is 14.0 Å². The predicted molar refractivity (Wildman–Crippen MR) is 111 cm³/mol. The van der Waals surface area contributed by atoms with Crippen molar-refractivity contribution in [3.05, 3.63) is 69.6 Å². The Hall–Kier alpha value is -2.41. The first kappa shape index (κ1) is 19.9. The zero-order valence-corrected chi connectivity index (χ0v) is 17.2. The van der Waals surface area contributed by atoms with Gasteiger partial charge in [-0.15, -0.1) is 0 Å².